The van der Waals surface area contributed by atoms with E-state index >= 15 is 0 Å². The summed E-state index contributed by atoms with van der Waals surface area (Å²) in [6.45, 7) is 4.34. The lowest BCUT2D eigenvalue weighted by Crippen LogP contribution is -2.28. The van der Waals surface area contributed by atoms with Crippen LogP contribution in [0, 0.1) is 12.8 Å². The van der Waals surface area contributed by atoms with Gasteiger partial charge in [0.1, 0.15) is 11.6 Å². The Hall–Kier alpha value is -2.46. The first-order valence-corrected chi connectivity index (χ1v) is 9.05. The zero-order valence-electron chi connectivity index (χ0n) is 14.6. The molecule has 0 spiro atoms. The fraction of sp³-hybridized carbons (Fsp3) is 0.333. The van der Waals surface area contributed by atoms with E-state index in [1.165, 1.54) is 35.6 Å². The van der Waals surface area contributed by atoms with Crippen LogP contribution in [0.4, 0.5) is 11.6 Å². The van der Waals surface area contributed by atoms with Crippen molar-refractivity contribution in [1.82, 2.24) is 15.3 Å². The summed E-state index contributed by atoms with van der Waals surface area (Å²) in [5.41, 5.74) is 2.57. The Kier molecular flexibility index (Phi) is 4.61. The number of fused-ring (bicyclic) bond motifs is 1. The Labute approximate surface area is 148 Å². The van der Waals surface area contributed by atoms with Crippen LogP contribution < -0.4 is 10.6 Å². The molecule has 1 aliphatic rings. The van der Waals surface area contributed by atoms with Gasteiger partial charge in [-0.3, -0.25) is 0 Å². The minimum Gasteiger partial charge on any atom is -0.325 e. The number of nitrogens with zero attached hydrogens (tertiary/aromatic N) is 2. The van der Waals surface area contributed by atoms with Crippen molar-refractivity contribution < 1.29 is 0 Å². The van der Waals surface area contributed by atoms with Crippen LogP contribution in [0.1, 0.15) is 24.0 Å². The fourth-order valence-corrected chi connectivity index (χ4v) is 3.48. The van der Waals surface area contributed by atoms with E-state index in [-0.39, 0.29) is 0 Å². The van der Waals surface area contributed by atoms with Crippen LogP contribution in [-0.4, -0.2) is 23.1 Å². The average Bonchev–Trinajstić information content (AvgIpc) is 2.64. The van der Waals surface area contributed by atoms with Crippen LogP contribution in [0.3, 0.4) is 0 Å². The lowest BCUT2D eigenvalue weighted by molar-refractivity contribution is 0.373. The first-order chi connectivity index (χ1) is 12.3. The van der Waals surface area contributed by atoms with Gasteiger partial charge in [-0.2, -0.15) is 0 Å². The van der Waals surface area contributed by atoms with Gasteiger partial charge in [0.15, 0.2) is 0 Å². The predicted octanol–water partition coefficient (Wildman–Crippen LogP) is 4.22. The van der Waals surface area contributed by atoms with Gasteiger partial charge in [0.05, 0.1) is 0 Å². The first kappa shape index (κ1) is 16.0. The predicted molar refractivity (Wildman–Crippen MR) is 103 cm³/mol. The third-order valence-electron chi connectivity index (χ3n) is 4.94. The van der Waals surface area contributed by atoms with Gasteiger partial charge in [-0.1, -0.05) is 24.3 Å². The molecule has 4 rings (SSSR count). The molecule has 4 nitrogen and oxygen atoms in total. The van der Waals surface area contributed by atoms with E-state index in [4.69, 9.17) is 0 Å². The molecule has 0 atom stereocenters. The summed E-state index contributed by atoms with van der Waals surface area (Å²) < 4.78 is 0. The minimum atomic E-state index is 0.801. The monoisotopic (exact) mass is 332 g/mol. The second kappa shape index (κ2) is 7.19. The number of aromatic nitrogens is 2. The SMILES string of the molecule is Cc1ccc(Nc2cc3cc(CC4CCNCC4)ccc3cn2)nc1. The molecule has 0 bridgehead atoms. The van der Waals surface area contributed by atoms with Crippen LogP contribution in [0.15, 0.2) is 48.8 Å². The highest BCUT2D eigenvalue weighted by atomic mass is 15.0. The fourth-order valence-electron chi connectivity index (χ4n) is 3.48. The molecule has 4 heteroatoms. The highest BCUT2D eigenvalue weighted by Gasteiger charge is 2.13. The third-order valence-corrected chi connectivity index (χ3v) is 4.94. The highest BCUT2D eigenvalue weighted by molar-refractivity contribution is 5.85. The molecule has 3 heterocycles. The average molecular weight is 332 g/mol. The molecule has 0 aliphatic carbocycles. The number of benzene rings is 1. The third kappa shape index (κ3) is 3.97. The maximum Gasteiger partial charge on any atom is 0.132 e. The van der Waals surface area contributed by atoms with E-state index in [1.807, 2.05) is 31.5 Å². The Morgan fingerprint density at radius 2 is 1.80 bits per heavy atom. The quantitative estimate of drug-likeness (QED) is 0.751. The van der Waals surface area contributed by atoms with E-state index in [9.17, 15) is 0 Å². The van der Waals surface area contributed by atoms with E-state index < -0.39 is 0 Å². The van der Waals surface area contributed by atoms with Crippen molar-refractivity contribution in [2.24, 2.45) is 5.92 Å². The van der Waals surface area contributed by atoms with E-state index in [2.05, 4.69) is 44.9 Å². The zero-order valence-corrected chi connectivity index (χ0v) is 14.6. The molecular weight excluding hydrogens is 308 g/mol. The normalized spacial score (nSPS) is 15.4. The van der Waals surface area contributed by atoms with Gasteiger partial charge >= 0.3 is 0 Å². The molecule has 0 radical (unpaired) electrons. The summed E-state index contributed by atoms with van der Waals surface area (Å²) in [6.07, 6.45) is 7.52. The smallest absolute Gasteiger partial charge is 0.132 e. The maximum atomic E-state index is 4.51. The summed E-state index contributed by atoms with van der Waals surface area (Å²) in [6, 6.07) is 12.9. The van der Waals surface area contributed by atoms with E-state index in [0.717, 1.165) is 36.2 Å². The molecule has 25 heavy (non-hydrogen) atoms. The molecule has 1 aromatic carbocycles. The minimum absolute atomic E-state index is 0.801. The van der Waals surface area contributed by atoms with Crippen molar-refractivity contribution in [2.75, 3.05) is 18.4 Å². The second-order valence-corrected chi connectivity index (χ2v) is 6.99. The highest BCUT2D eigenvalue weighted by Crippen LogP contribution is 2.24. The van der Waals surface area contributed by atoms with Gasteiger partial charge in [0.25, 0.3) is 0 Å². The summed E-state index contributed by atoms with van der Waals surface area (Å²) in [4.78, 5) is 8.90. The summed E-state index contributed by atoms with van der Waals surface area (Å²) >= 11 is 0. The first-order valence-electron chi connectivity index (χ1n) is 9.05. The lowest BCUT2D eigenvalue weighted by Gasteiger charge is -2.22. The van der Waals surface area contributed by atoms with Crippen molar-refractivity contribution in [1.29, 1.82) is 0 Å². The molecule has 1 saturated heterocycles. The number of aryl methyl sites for hydroxylation is 1. The van der Waals surface area contributed by atoms with Gasteiger partial charge in [0, 0.05) is 17.8 Å². The van der Waals surface area contributed by atoms with Gasteiger partial charge in [-0.15, -0.1) is 0 Å². The molecule has 2 N–H and O–H groups in total. The van der Waals surface area contributed by atoms with E-state index in [1.54, 1.807) is 0 Å². The molecule has 3 aromatic rings. The number of rotatable bonds is 4. The van der Waals surface area contributed by atoms with Gasteiger partial charge in [-0.05, 0) is 73.8 Å². The molecule has 1 fully saturated rings. The number of pyridine rings is 2. The van der Waals surface area contributed by atoms with Crippen molar-refractivity contribution >= 4 is 22.4 Å². The second-order valence-electron chi connectivity index (χ2n) is 6.99. The Morgan fingerprint density at radius 1 is 0.960 bits per heavy atom. The molecule has 128 valence electrons. The molecular formula is C21H24N4. The number of nitrogens with one attached hydrogen (secondary N) is 2. The lowest BCUT2D eigenvalue weighted by atomic mass is 9.90. The van der Waals surface area contributed by atoms with Gasteiger partial charge in [-0.25, -0.2) is 9.97 Å². The van der Waals surface area contributed by atoms with Crippen LogP contribution >= 0.6 is 0 Å². The number of hydrogen-bond acceptors (Lipinski definition) is 4. The molecule has 0 unspecified atom stereocenters. The molecule has 2 aromatic heterocycles. The van der Waals surface area contributed by atoms with Crippen molar-refractivity contribution in [3.8, 4) is 0 Å². The zero-order chi connectivity index (χ0) is 17.1. The van der Waals surface area contributed by atoms with Crippen LogP contribution in [-0.2, 0) is 6.42 Å². The maximum absolute atomic E-state index is 4.51. The Morgan fingerprint density at radius 3 is 2.60 bits per heavy atom. The standard InChI is InChI=1S/C21H24N4/c1-15-2-5-20(23-13-15)25-21-12-19-11-17(3-4-18(19)14-24-21)10-16-6-8-22-9-7-16/h2-5,11-14,16,22H,6-10H2,1H3,(H,23,24,25). The largest absolute Gasteiger partial charge is 0.325 e. The molecule has 0 saturated carbocycles. The van der Waals surface area contributed by atoms with Crippen molar-refractivity contribution in [3.05, 3.63) is 59.9 Å². The molecule has 1 aliphatic heterocycles. The van der Waals surface area contributed by atoms with E-state index in [0.29, 0.717) is 0 Å². The summed E-state index contributed by atoms with van der Waals surface area (Å²) in [7, 11) is 0. The topological polar surface area (TPSA) is 49.8 Å². The van der Waals surface area contributed by atoms with Crippen LogP contribution in [0.25, 0.3) is 10.8 Å². The number of hydrogen-bond donors (Lipinski definition) is 2. The summed E-state index contributed by atoms with van der Waals surface area (Å²) in [5, 5.41) is 9.15. The summed E-state index contributed by atoms with van der Waals surface area (Å²) in [5.74, 6) is 2.46. The van der Waals surface area contributed by atoms with Gasteiger partial charge in [0.2, 0.25) is 0 Å². The Bertz CT molecular complexity index is 851. The molecule has 0 amide bonds. The Balaban J connectivity index is 1.54. The number of anilines is 2. The van der Waals surface area contributed by atoms with Crippen LogP contribution in [0.2, 0.25) is 0 Å². The van der Waals surface area contributed by atoms with Crippen molar-refractivity contribution in [3.63, 3.8) is 0 Å². The van der Waals surface area contributed by atoms with Crippen LogP contribution in [0.5, 0.6) is 0 Å². The van der Waals surface area contributed by atoms with Gasteiger partial charge < -0.3 is 10.6 Å². The van der Waals surface area contributed by atoms with Crippen molar-refractivity contribution in [2.45, 2.75) is 26.2 Å². The number of piperidine rings is 1.